The number of fused-ring (bicyclic) bond motifs is 3. The summed E-state index contributed by atoms with van der Waals surface area (Å²) in [6.45, 7) is 4.99. The van der Waals surface area contributed by atoms with Crippen molar-refractivity contribution in [2.45, 2.75) is 96.5 Å². The van der Waals surface area contributed by atoms with E-state index in [1.807, 2.05) is 6.07 Å². The molecule has 0 N–H and O–H groups in total. The van der Waals surface area contributed by atoms with Crippen LogP contribution in [-0.2, 0) is 0 Å². The lowest BCUT2D eigenvalue weighted by Crippen LogP contribution is -2.33. The monoisotopic (exact) mass is 388 g/mol. The van der Waals surface area contributed by atoms with Crippen LogP contribution >= 0.6 is 0 Å². The van der Waals surface area contributed by atoms with E-state index in [0.29, 0.717) is 24.0 Å². The third kappa shape index (κ3) is 4.04. The summed E-state index contributed by atoms with van der Waals surface area (Å²) >= 11 is 0. The van der Waals surface area contributed by atoms with Gasteiger partial charge in [-0.3, -0.25) is 0 Å². The Hall–Kier alpha value is -1.25. The molecule has 0 aromatic heterocycles. The second-order valence-corrected chi connectivity index (χ2v) is 9.40. The van der Waals surface area contributed by atoms with Crippen LogP contribution in [0.3, 0.4) is 0 Å². The molecular formula is C25H37FO2. The van der Waals surface area contributed by atoms with Crippen molar-refractivity contribution in [3.8, 4) is 11.5 Å². The zero-order chi connectivity index (χ0) is 19.5. The molecule has 1 aromatic carbocycles. The molecule has 0 radical (unpaired) electrons. The van der Waals surface area contributed by atoms with Gasteiger partial charge in [0.05, 0.1) is 6.61 Å². The summed E-state index contributed by atoms with van der Waals surface area (Å²) in [6, 6.07) is 3.87. The van der Waals surface area contributed by atoms with E-state index in [9.17, 15) is 4.39 Å². The second kappa shape index (κ2) is 9.05. The highest BCUT2D eigenvalue weighted by atomic mass is 19.1. The molecule has 156 valence electrons. The molecular weight excluding hydrogens is 351 g/mol. The fraction of sp³-hybridized carbons (Fsp3) is 0.760. The molecule has 3 aliphatic rings. The van der Waals surface area contributed by atoms with Crippen molar-refractivity contribution in [3.05, 3.63) is 23.5 Å². The summed E-state index contributed by atoms with van der Waals surface area (Å²) < 4.78 is 26.8. The Kier molecular flexibility index (Phi) is 6.48. The Balaban J connectivity index is 1.38. The molecule has 1 aliphatic heterocycles. The summed E-state index contributed by atoms with van der Waals surface area (Å²) in [7, 11) is 0. The van der Waals surface area contributed by atoms with Crippen LogP contribution in [0, 0.1) is 23.6 Å². The van der Waals surface area contributed by atoms with Crippen molar-refractivity contribution in [1.82, 2.24) is 0 Å². The van der Waals surface area contributed by atoms with Crippen LogP contribution < -0.4 is 9.47 Å². The number of rotatable bonds is 7. The minimum Gasteiger partial charge on any atom is -0.490 e. The minimum absolute atomic E-state index is 0.169. The van der Waals surface area contributed by atoms with Gasteiger partial charge in [-0.1, -0.05) is 52.0 Å². The molecule has 1 aromatic rings. The van der Waals surface area contributed by atoms with Crippen molar-refractivity contribution >= 4 is 0 Å². The van der Waals surface area contributed by atoms with Gasteiger partial charge in [-0.05, 0) is 62.3 Å². The molecule has 28 heavy (non-hydrogen) atoms. The topological polar surface area (TPSA) is 18.5 Å². The van der Waals surface area contributed by atoms with Crippen LogP contribution in [0.1, 0.15) is 96.0 Å². The van der Waals surface area contributed by atoms with Crippen molar-refractivity contribution in [1.29, 1.82) is 0 Å². The molecule has 2 nitrogen and oxygen atoms in total. The van der Waals surface area contributed by atoms with Crippen molar-refractivity contribution < 1.29 is 13.9 Å². The fourth-order valence-electron chi connectivity index (χ4n) is 5.98. The number of hydrogen-bond acceptors (Lipinski definition) is 2. The predicted octanol–water partition coefficient (Wildman–Crippen LogP) is 7.26. The Morgan fingerprint density at radius 1 is 1.00 bits per heavy atom. The van der Waals surface area contributed by atoms with Gasteiger partial charge in [0, 0.05) is 11.5 Å². The lowest BCUT2D eigenvalue weighted by molar-refractivity contribution is 0.0801. The normalized spacial score (nSPS) is 31.8. The highest BCUT2D eigenvalue weighted by Gasteiger charge is 2.43. The minimum atomic E-state index is -0.278. The van der Waals surface area contributed by atoms with Gasteiger partial charge in [-0.2, -0.15) is 4.39 Å². The number of ether oxygens (including phenoxy) is 2. The zero-order valence-corrected chi connectivity index (χ0v) is 17.7. The van der Waals surface area contributed by atoms with Crippen LogP contribution in [0.15, 0.2) is 12.1 Å². The van der Waals surface area contributed by atoms with Crippen molar-refractivity contribution in [3.63, 3.8) is 0 Å². The molecule has 0 saturated heterocycles. The summed E-state index contributed by atoms with van der Waals surface area (Å²) in [5, 5.41) is 0. The largest absolute Gasteiger partial charge is 0.490 e. The van der Waals surface area contributed by atoms with E-state index in [1.54, 1.807) is 0 Å². The predicted molar refractivity (Wildman–Crippen MR) is 112 cm³/mol. The maximum atomic E-state index is 15.0. The Morgan fingerprint density at radius 2 is 1.79 bits per heavy atom. The van der Waals surface area contributed by atoms with E-state index in [-0.39, 0.29) is 11.9 Å². The molecule has 0 spiro atoms. The maximum absolute atomic E-state index is 15.0. The number of hydrogen-bond donors (Lipinski definition) is 0. The quantitative estimate of drug-likeness (QED) is 0.458. The summed E-state index contributed by atoms with van der Waals surface area (Å²) in [6.07, 6.45) is 14.0. The average Bonchev–Trinajstić information content (AvgIpc) is 3.09. The lowest BCUT2D eigenvalue weighted by Gasteiger charge is -2.39. The van der Waals surface area contributed by atoms with Gasteiger partial charge < -0.3 is 9.47 Å². The van der Waals surface area contributed by atoms with Crippen LogP contribution in [-0.4, -0.2) is 12.7 Å². The molecule has 0 amide bonds. The average molecular weight is 389 g/mol. The van der Waals surface area contributed by atoms with Crippen LogP contribution in [0.25, 0.3) is 0 Å². The van der Waals surface area contributed by atoms with Gasteiger partial charge >= 0.3 is 0 Å². The number of unbranched alkanes of at least 4 members (excludes halogenated alkanes) is 1. The lowest BCUT2D eigenvalue weighted by atomic mass is 9.67. The Morgan fingerprint density at radius 3 is 2.54 bits per heavy atom. The third-order valence-corrected chi connectivity index (χ3v) is 7.60. The van der Waals surface area contributed by atoms with Gasteiger partial charge in [-0.25, -0.2) is 0 Å². The number of halogens is 1. The van der Waals surface area contributed by atoms with Crippen LogP contribution in [0.4, 0.5) is 4.39 Å². The fourth-order valence-corrected chi connectivity index (χ4v) is 5.98. The van der Waals surface area contributed by atoms with E-state index in [0.717, 1.165) is 49.0 Å². The molecule has 1 heterocycles. The van der Waals surface area contributed by atoms with E-state index < -0.39 is 0 Å². The molecule has 2 saturated carbocycles. The van der Waals surface area contributed by atoms with Crippen molar-refractivity contribution in [2.24, 2.45) is 17.8 Å². The van der Waals surface area contributed by atoms with Crippen LogP contribution in [0.2, 0.25) is 0 Å². The maximum Gasteiger partial charge on any atom is 0.207 e. The smallest absolute Gasteiger partial charge is 0.207 e. The Labute approximate surface area is 170 Å². The molecule has 3 atom stereocenters. The van der Waals surface area contributed by atoms with Gasteiger partial charge in [0.1, 0.15) is 6.10 Å². The first-order valence-corrected chi connectivity index (χ1v) is 11.8. The summed E-state index contributed by atoms with van der Waals surface area (Å²) in [5.41, 5.74) is 1.08. The molecule has 2 aliphatic carbocycles. The van der Waals surface area contributed by atoms with E-state index >= 15 is 0 Å². The molecule has 1 unspecified atom stereocenters. The Bertz CT molecular complexity index is 650. The standard InChI is InChI=1S/C25H37FO2/c1-3-5-15-27-22-14-13-21-20-12-11-19(16-23(20)28-25(21)24(22)26)18-9-7-17(6-4-2)8-10-18/h13-14,17-20,23H,3-12,15-16H2,1-2H3/t17?,18?,19-,20+,23?/m1/s1. The summed E-state index contributed by atoms with van der Waals surface area (Å²) in [5.74, 6) is 3.53. The van der Waals surface area contributed by atoms with Gasteiger partial charge in [-0.15, -0.1) is 0 Å². The van der Waals surface area contributed by atoms with Gasteiger partial charge in [0.25, 0.3) is 0 Å². The van der Waals surface area contributed by atoms with Gasteiger partial charge in [0.15, 0.2) is 11.5 Å². The molecule has 2 fully saturated rings. The summed E-state index contributed by atoms with van der Waals surface area (Å²) in [4.78, 5) is 0. The van der Waals surface area contributed by atoms with E-state index in [2.05, 4.69) is 19.9 Å². The molecule has 0 bridgehead atoms. The molecule has 3 heteroatoms. The molecule has 4 rings (SSSR count). The third-order valence-electron chi connectivity index (χ3n) is 7.60. The second-order valence-electron chi connectivity index (χ2n) is 9.40. The highest BCUT2D eigenvalue weighted by molar-refractivity contribution is 5.48. The van der Waals surface area contributed by atoms with Gasteiger partial charge in [0.2, 0.25) is 5.82 Å². The first kappa shape index (κ1) is 20.0. The van der Waals surface area contributed by atoms with Crippen LogP contribution in [0.5, 0.6) is 11.5 Å². The first-order valence-electron chi connectivity index (χ1n) is 11.8. The first-order chi connectivity index (χ1) is 13.7. The van der Waals surface area contributed by atoms with Crippen molar-refractivity contribution in [2.75, 3.05) is 6.61 Å². The SMILES string of the molecule is CCCCOc1ccc2c(c1F)OC1C[C@H](C3CCC(CCC)CC3)CC[C@@H]21. The van der Waals surface area contributed by atoms with E-state index in [1.165, 1.54) is 44.9 Å². The highest BCUT2D eigenvalue weighted by Crippen LogP contribution is 2.52. The van der Waals surface area contributed by atoms with E-state index in [4.69, 9.17) is 9.47 Å². The number of benzene rings is 1. The zero-order valence-electron chi connectivity index (χ0n) is 17.7.